The highest BCUT2D eigenvalue weighted by Gasteiger charge is 2.51. The zero-order valence-corrected chi connectivity index (χ0v) is 24.1. The van der Waals surface area contributed by atoms with E-state index < -0.39 is 45.7 Å². The second-order valence-corrected chi connectivity index (χ2v) is 29.5. The van der Waals surface area contributed by atoms with E-state index in [2.05, 4.69) is 78.6 Å². The molecular weight excluding hydrogens is 425 g/mol. The van der Waals surface area contributed by atoms with Crippen molar-refractivity contribution in [2.75, 3.05) is 6.61 Å². The van der Waals surface area contributed by atoms with Crippen molar-refractivity contribution in [2.24, 2.45) is 0 Å². The standard InChI is InChI=1S/C18H44O6Si4/c1-25(2,3)20-13-14-15(22-26(4,5)6)16(23-27(7,8)9)17(18(19)21-14)24-28(10,11)12/h14-19H,13H2,1-12H3/t14-,15-,16-,17-,18-/m1/s1. The molecule has 1 rings (SSSR count). The van der Waals surface area contributed by atoms with Crippen molar-refractivity contribution in [3.8, 4) is 0 Å². The van der Waals surface area contributed by atoms with E-state index >= 15 is 0 Å². The molecule has 1 aliphatic heterocycles. The van der Waals surface area contributed by atoms with Gasteiger partial charge < -0.3 is 27.5 Å². The maximum atomic E-state index is 10.8. The Morgan fingerprint density at radius 1 is 0.607 bits per heavy atom. The quantitative estimate of drug-likeness (QED) is 0.511. The van der Waals surface area contributed by atoms with Crippen molar-refractivity contribution in [2.45, 2.75) is 109 Å². The Hall–Kier alpha value is 0.628. The maximum Gasteiger partial charge on any atom is 0.184 e. The van der Waals surface area contributed by atoms with Crippen molar-refractivity contribution in [1.82, 2.24) is 0 Å². The Morgan fingerprint density at radius 2 is 1.00 bits per heavy atom. The van der Waals surface area contributed by atoms with Crippen molar-refractivity contribution in [1.29, 1.82) is 0 Å². The fourth-order valence-corrected chi connectivity index (χ4v) is 6.91. The zero-order chi connectivity index (χ0) is 22.1. The van der Waals surface area contributed by atoms with E-state index in [4.69, 9.17) is 22.4 Å². The average Bonchev–Trinajstić information content (AvgIpc) is 2.39. The summed E-state index contributed by atoms with van der Waals surface area (Å²) in [5.41, 5.74) is 0. The molecule has 5 atom stereocenters. The summed E-state index contributed by atoms with van der Waals surface area (Å²) in [6.07, 6.45) is -2.67. The van der Waals surface area contributed by atoms with Gasteiger partial charge in [-0.2, -0.15) is 0 Å². The Bertz CT molecular complexity index is 492. The van der Waals surface area contributed by atoms with E-state index in [9.17, 15) is 5.11 Å². The Morgan fingerprint density at radius 3 is 1.39 bits per heavy atom. The van der Waals surface area contributed by atoms with Crippen LogP contribution in [0.4, 0.5) is 0 Å². The topological polar surface area (TPSA) is 66.4 Å². The molecule has 0 aromatic carbocycles. The first kappa shape index (κ1) is 26.7. The summed E-state index contributed by atoms with van der Waals surface area (Å²) in [6.45, 7) is 26.1. The van der Waals surface area contributed by atoms with E-state index in [0.29, 0.717) is 6.61 Å². The van der Waals surface area contributed by atoms with Gasteiger partial charge in [0.05, 0.1) is 6.61 Å². The number of rotatable bonds is 9. The number of aliphatic hydroxyl groups is 1. The molecule has 10 heteroatoms. The maximum absolute atomic E-state index is 10.8. The van der Waals surface area contributed by atoms with E-state index in [1.807, 2.05) is 0 Å². The second kappa shape index (κ2) is 9.41. The predicted octanol–water partition coefficient (Wildman–Crippen LogP) is 4.22. The third-order valence-electron chi connectivity index (χ3n) is 3.76. The second-order valence-electron chi connectivity index (χ2n) is 11.6. The molecule has 6 nitrogen and oxygen atoms in total. The molecule has 0 saturated carbocycles. The lowest BCUT2D eigenvalue weighted by atomic mass is 9.99. The summed E-state index contributed by atoms with van der Waals surface area (Å²) >= 11 is 0. The molecular formula is C18H44O6Si4. The lowest BCUT2D eigenvalue weighted by Gasteiger charge is -2.49. The minimum absolute atomic E-state index is 0.320. The highest BCUT2D eigenvalue weighted by Crippen LogP contribution is 2.33. The minimum atomic E-state index is -1.94. The van der Waals surface area contributed by atoms with Gasteiger partial charge in [0.2, 0.25) is 0 Å². The zero-order valence-electron chi connectivity index (χ0n) is 20.1. The van der Waals surface area contributed by atoms with Gasteiger partial charge in [0.25, 0.3) is 0 Å². The molecule has 168 valence electrons. The largest absolute Gasteiger partial charge is 0.415 e. The van der Waals surface area contributed by atoms with Crippen molar-refractivity contribution < 1.29 is 27.5 Å². The molecule has 0 radical (unpaired) electrons. The van der Waals surface area contributed by atoms with Gasteiger partial charge in [-0.3, -0.25) is 0 Å². The summed E-state index contributed by atoms with van der Waals surface area (Å²) in [5.74, 6) is 0. The summed E-state index contributed by atoms with van der Waals surface area (Å²) in [6, 6.07) is 0. The first-order valence-corrected chi connectivity index (χ1v) is 23.9. The van der Waals surface area contributed by atoms with Gasteiger partial charge in [0.1, 0.15) is 24.4 Å². The van der Waals surface area contributed by atoms with Gasteiger partial charge in [0.15, 0.2) is 39.6 Å². The van der Waals surface area contributed by atoms with Crippen LogP contribution in [0.15, 0.2) is 0 Å². The van der Waals surface area contributed by atoms with E-state index in [1.165, 1.54) is 0 Å². The highest BCUT2D eigenvalue weighted by atomic mass is 28.4. The molecule has 0 unspecified atom stereocenters. The smallest absolute Gasteiger partial charge is 0.184 e. The fraction of sp³-hybridized carbons (Fsp3) is 1.00. The number of aliphatic hydroxyl groups excluding tert-OH is 1. The van der Waals surface area contributed by atoms with Gasteiger partial charge in [-0.15, -0.1) is 0 Å². The Labute approximate surface area is 176 Å². The van der Waals surface area contributed by atoms with E-state index in [-0.39, 0.29) is 18.3 Å². The normalized spacial score (nSPS) is 30.5. The molecule has 1 aliphatic rings. The van der Waals surface area contributed by atoms with Crippen molar-refractivity contribution in [3.63, 3.8) is 0 Å². The van der Waals surface area contributed by atoms with Gasteiger partial charge >= 0.3 is 0 Å². The highest BCUT2D eigenvalue weighted by molar-refractivity contribution is 6.71. The van der Waals surface area contributed by atoms with Crippen LogP contribution < -0.4 is 0 Å². The molecule has 28 heavy (non-hydrogen) atoms. The summed E-state index contributed by atoms with van der Waals surface area (Å²) < 4.78 is 31.7. The average molecular weight is 469 g/mol. The SMILES string of the molecule is C[Si](C)(C)OC[C@H]1O[C@@H](O)[C@H](O[Si](C)(C)C)[C@H](O[Si](C)(C)C)[C@@H]1O[Si](C)(C)C. The Kier molecular flexibility index (Phi) is 8.96. The van der Waals surface area contributed by atoms with Crippen LogP contribution in [-0.2, 0) is 22.4 Å². The number of hydrogen-bond donors (Lipinski definition) is 1. The molecule has 0 amide bonds. The van der Waals surface area contributed by atoms with Crippen LogP contribution in [0.1, 0.15) is 0 Å². The number of hydrogen-bond acceptors (Lipinski definition) is 6. The molecule has 1 fully saturated rings. The summed E-state index contributed by atoms with van der Waals surface area (Å²) in [7, 11) is -7.50. The monoisotopic (exact) mass is 468 g/mol. The number of ether oxygens (including phenoxy) is 1. The minimum Gasteiger partial charge on any atom is -0.415 e. The van der Waals surface area contributed by atoms with Crippen LogP contribution in [0.5, 0.6) is 0 Å². The molecule has 1 N–H and O–H groups in total. The third-order valence-corrected chi connectivity index (χ3v) is 7.73. The van der Waals surface area contributed by atoms with Gasteiger partial charge in [-0.1, -0.05) is 0 Å². The van der Waals surface area contributed by atoms with Crippen LogP contribution in [0, 0.1) is 0 Å². The van der Waals surface area contributed by atoms with E-state index in [1.54, 1.807) is 0 Å². The lowest BCUT2D eigenvalue weighted by Crippen LogP contribution is -2.66. The molecule has 0 spiro atoms. The van der Waals surface area contributed by atoms with Crippen LogP contribution in [0.2, 0.25) is 78.6 Å². The summed E-state index contributed by atoms with van der Waals surface area (Å²) in [4.78, 5) is 0. The molecule has 0 bridgehead atoms. The fourth-order valence-electron chi connectivity index (χ4n) is 2.99. The van der Waals surface area contributed by atoms with Crippen LogP contribution in [0.3, 0.4) is 0 Å². The van der Waals surface area contributed by atoms with Crippen molar-refractivity contribution >= 4 is 33.3 Å². The van der Waals surface area contributed by atoms with Crippen LogP contribution >= 0.6 is 0 Å². The van der Waals surface area contributed by atoms with Crippen LogP contribution in [-0.4, -0.2) is 75.7 Å². The molecule has 1 heterocycles. The first-order chi connectivity index (χ1) is 12.3. The lowest BCUT2D eigenvalue weighted by molar-refractivity contribution is -0.274. The molecule has 0 aliphatic carbocycles. The van der Waals surface area contributed by atoms with E-state index in [0.717, 1.165) is 0 Å². The Balaban J connectivity index is 3.26. The third kappa shape index (κ3) is 10.1. The van der Waals surface area contributed by atoms with Crippen molar-refractivity contribution in [3.05, 3.63) is 0 Å². The molecule has 0 aromatic heterocycles. The van der Waals surface area contributed by atoms with Gasteiger partial charge in [-0.05, 0) is 78.6 Å². The van der Waals surface area contributed by atoms with Crippen LogP contribution in [0.25, 0.3) is 0 Å². The molecule has 1 saturated heterocycles. The molecule has 0 aromatic rings. The van der Waals surface area contributed by atoms with Gasteiger partial charge in [-0.25, -0.2) is 0 Å². The summed E-state index contributed by atoms with van der Waals surface area (Å²) in [5, 5.41) is 10.8. The first-order valence-electron chi connectivity index (χ1n) is 10.3. The van der Waals surface area contributed by atoms with Gasteiger partial charge in [0, 0.05) is 0 Å². The predicted molar refractivity (Wildman–Crippen MR) is 125 cm³/mol.